The highest BCUT2D eigenvalue weighted by Crippen LogP contribution is 2.24. The van der Waals surface area contributed by atoms with Gasteiger partial charge >= 0.3 is 0 Å². The summed E-state index contributed by atoms with van der Waals surface area (Å²) in [5, 5.41) is 15.6. The molecule has 0 spiro atoms. The standard InChI is InChI=1S/C20H23BrN6O3S/c1-2-15(13-28)25-19-18(21)12-23-20(27-19)26-16-6-3-7-17(9-16)31(29,30)24-11-14-5-4-8-22-10-14/h3-10,12,15,24,28H,2,11,13H2,1H3,(H2,23,25,26,27)/t15-/m1/s1. The third kappa shape index (κ3) is 6.44. The Bertz CT molecular complexity index is 1110. The SMILES string of the molecule is CC[C@H](CO)Nc1nc(Nc2cccc(S(=O)(=O)NCc3cccnc3)c2)ncc1Br. The van der Waals surface area contributed by atoms with Crippen LogP contribution >= 0.6 is 15.9 Å². The number of aromatic nitrogens is 3. The Morgan fingerprint density at radius 3 is 2.74 bits per heavy atom. The third-order valence-corrected chi connectivity index (χ3v) is 6.37. The molecule has 9 nitrogen and oxygen atoms in total. The highest BCUT2D eigenvalue weighted by Gasteiger charge is 2.15. The van der Waals surface area contributed by atoms with Crippen molar-refractivity contribution in [3.63, 3.8) is 0 Å². The molecular weight excluding hydrogens is 484 g/mol. The van der Waals surface area contributed by atoms with Crippen LogP contribution in [0.1, 0.15) is 18.9 Å². The van der Waals surface area contributed by atoms with Crippen molar-refractivity contribution in [1.82, 2.24) is 19.7 Å². The molecule has 0 radical (unpaired) electrons. The summed E-state index contributed by atoms with van der Waals surface area (Å²) < 4.78 is 28.6. The van der Waals surface area contributed by atoms with Gasteiger partial charge in [-0.15, -0.1) is 0 Å². The van der Waals surface area contributed by atoms with E-state index in [1.165, 1.54) is 12.1 Å². The number of sulfonamides is 1. The van der Waals surface area contributed by atoms with Gasteiger partial charge in [-0.3, -0.25) is 4.98 Å². The molecule has 0 saturated carbocycles. The smallest absolute Gasteiger partial charge is 0.240 e. The maximum absolute atomic E-state index is 12.7. The first-order chi connectivity index (χ1) is 14.9. The number of nitrogens with zero attached hydrogens (tertiary/aromatic N) is 3. The van der Waals surface area contributed by atoms with Gasteiger partial charge < -0.3 is 15.7 Å². The molecule has 164 valence electrons. The summed E-state index contributed by atoms with van der Waals surface area (Å²) in [4.78, 5) is 12.7. The number of benzene rings is 1. The predicted octanol–water partition coefficient (Wildman–Crippen LogP) is 3.04. The minimum atomic E-state index is -3.72. The Morgan fingerprint density at radius 1 is 1.19 bits per heavy atom. The van der Waals surface area contributed by atoms with Crippen molar-refractivity contribution in [2.75, 3.05) is 17.2 Å². The largest absolute Gasteiger partial charge is 0.394 e. The average Bonchev–Trinajstić information content (AvgIpc) is 2.79. The molecule has 1 aromatic carbocycles. The molecule has 4 N–H and O–H groups in total. The quantitative estimate of drug-likeness (QED) is 0.330. The minimum Gasteiger partial charge on any atom is -0.394 e. The summed E-state index contributed by atoms with van der Waals surface area (Å²) in [6, 6.07) is 9.78. The lowest BCUT2D eigenvalue weighted by Gasteiger charge is -2.16. The molecular formula is C20H23BrN6O3S. The molecule has 0 saturated heterocycles. The number of aliphatic hydroxyl groups is 1. The Kier molecular flexibility index (Phi) is 7.91. The van der Waals surface area contributed by atoms with Crippen molar-refractivity contribution < 1.29 is 13.5 Å². The van der Waals surface area contributed by atoms with E-state index in [9.17, 15) is 13.5 Å². The molecule has 1 atom stereocenters. The van der Waals surface area contributed by atoms with Gasteiger partial charge in [-0.05, 0) is 52.2 Å². The van der Waals surface area contributed by atoms with E-state index in [-0.39, 0.29) is 30.0 Å². The highest BCUT2D eigenvalue weighted by molar-refractivity contribution is 9.10. The number of hydrogen-bond donors (Lipinski definition) is 4. The van der Waals surface area contributed by atoms with Crippen molar-refractivity contribution >= 4 is 43.4 Å². The van der Waals surface area contributed by atoms with Crippen molar-refractivity contribution in [3.05, 3.63) is 65.0 Å². The van der Waals surface area contributed by atoms with E-state index < -0.39 is 10.0 Å². The summed E-state index contributed by atoms with van der Waals surface area (Å²) in [5.41, 5.74) is 1.28. The van der Waals surface area contributed by atoms with Crippen LogP contribution in [-0.4, -0.2) is 41.1 Å². The number of rotatable bonds is 10. The Morgan fingerprint density at radius 2 is 2.03 bits per heavy atom. The monoisotopic (exact) mass is 506 g/mol. The zero-order valence-corrected chi connectivity index (χ0v) is 19.2. The predicted molar refractivity (Wildman–Crippen MR) is 123 cm³/mol. The summed E-state index contributed by atoms with van der Waals surface area (Å²) in [6.45, 7) is 2.07. The van der Waals surface area contributed by atoms with Crippen LogP contribution in [-0.2, 0) is 16.6 Å². The van der Waals surface area contributed by atoms with Gasteiger partial charge in [0.1, 0.15) is 5.82 Å². The van der Waals surface area contributed by atoms with Gasteiger partial charge in [0, 0.05) is 30.8 Å². The maximum atomic E-state index is 12.7. The van der Waals surface area contributed by atoms with E-state index in [1.54, 1.807) is 42.9 Å². The van der Waals surface area contributed by atoms with E-state index >= 15 is 0 Å². The van der Waals surface area contributed by atoms with Crippen molar-refractivity contribution in [2.24, 2.45) is 0 Å². The van der Waals surface area contributed by atoms with Crippen LogP contribution in [0.5, 0.6) is 0 Å². The molecule has 0 amide bonds. The number of nitrogens with one attached hydrogen (secondary N) is 3. The maximum Gasteiger partial charge on any atom is 0.240 e. The van der Waals surface area contributed by atoms with Crippen LogP contribution in [0.3, 0.4) is 0 Å². The molecule has 3 aromatic rings. The topological polar surface area (TPSA) is 129 Å². The van der Waals surface area contributed by atoms with Gasteiger partial charge in [-0.2, -0.15) is 4.98 Å². The lowest BCUT2D eigenvalue weighted by atomic mass is 10.2. The van der Waals surface area contributed by atoms with Crippen LogP contribution in [0, 0.1) is 0 Å². The first kappa shape index (κ1) is 23.1. The van der Waals surface area contributed by atoms with Crippen LogP contribution in [0.2, 0.25) is 0 Å². The molecule has 0 aliphatic heterocycles. The third-order valence-electron chi connectivity index (χ3n) is 4.39. The number of aliphatic hydroxyl groups excluding tert-OH is 1. The fraction of sp³-hybridized carbons (Fsp3) is 0.250. The van der Waals surface area contributed by atoms with E-state index in [0.29, 0.717) is 16.0 Å². The van der Waals surface area contributed by atoms with Gasteiger partial charge in [-0.1, -0.05) is 19.1 Å². The van der Waals surface area contributed by atoms with Crippen molar-refractivity contribution in [1.29, 1.82) is 0 Å². The lowest BCUT2D eigenvalue weighted by Crippen LogP contribution is -2.23. The molecule has 2 aromatic heterocycles. The molecule has 0 bridgehead atoms. The van der Waals surface area contributed by atoms with Crippen LogP contribution in [0.25, 0.3) is 0 Å². The van der Waals surface area contributed by atoms with Gasteiger partial charge in [0.2, 0.25) is 16.0 Å². The van der Waals surface area contributed by atoms with E-state index in [0.717, 1.165) is 12.0 Å². The minimum absolute atomic E-state index is 0.0261. The first-order valence-corrected chi connectivity index (χ1v) is 11.8. The number of hydrogen-bond acceptors (Lipinski definition) is 8. The Hall–Kier alpha value is -2.60. The average molecular weight is 507 g/mol. The second kappa shape index (κ2) is 10.6. The zero-order valence-electron chi connectivity index (χ0n) is 16.8. The molecule has 0 fully saturated rings. The molecule has 3 rings (SSSR count). The molecule has 31 heavy (non-hydrogen) atoms. The Balaban J connectivity index is 1.74. The van der Waals surface area contributed by atoms with Crippen molar-refractivity contribution in [3.8, 4) is 0 Å². The second-order valence-corrected chi connectivity index (χ2v) is 9.28. The van der Waals surface area contributed by atoms with Crippen molar-refractivity contribution in [2.45, 2.75) is 30.8 Å². The fourth-order valence-corrected chi connectivity index (χ4v) is 4.00. The zero-order chi connectivity index (χ0) is 22.3. The number of halogens is 1. The van der Waals surface area contributed by atoms with Gasteiger partial charge in [0.05, 0.1) is 22.0 Å². The molecule has 2 heterocycles. The number of pyridine rings is 1. The van der Waals surface area contributed by atoms with Gasteiger partial charge in [0.15, 0.2) is 0 Å². The van der Waals surface area contributed by atoms with Crippen LogP contribution in [0.15, 0.2) is 64.4 Å². The second-order valence-electron chi connectivity index (χ2n) is 6.66. The van der Waals surface area contributed by atoms with E-state index in [4.69, 9.17) is 0 Å². The molecule has 11 heteroatoms. The van der Waals surface area contributed by atoms with Crippen LogP contribution < -0.4 is 15.4 Å². The lowest BCUT2D eigenvalue weighted by molar-refractivity contribution is 0.271. The summed E-state index contributed by atoms with van der Waals surface area (Å²) in [7, 11) is -3.72. The molecule has 0 unspecified atom stereocenters. The Labute approximate surface area is 189 Å². The van der Waals surface area contributed by atoms with Crippen LogP contribution in [0.4, 0.5) is 17.5 Å². The molecule has 0 aliphatic rings. The normalized spacial score (nSPS) is 12.4. The fourth-order valence-electron chi connectivity index (χ4n) is 2.63. The summed E-state index contributed by atoms with van der Waals surface area (Å²) in [5.74, 6) is 0.816. The summed E-state index contributed by atoms with van der Waals surface area (Å²) in [6.07, 6.45) is 5.54. The van der Waals surface area contributed by atoms with Gasteiger partial charge in [0.25, 0.3) is 0 Å². The first-order valence-electron chi connectivity index (χ1n) is 9.57. The van der Waals surface area contributed by atoms with Gasteiger partial charge in [-0.25, -0.2) is 18.1 Å². The van der Waals surface area contributed by atoms with E-state index in [1.807, 2.05) is 6.92 Å². The summed E-state index contributed by atoms with van der Waals surface area (Å²) >= 11 is 3.39. The number of anilines is 3. The van der Waals surface area contributed by atoms with E-state index in [2.05, 4.69) is 46.2 Å². The highest BCUT2D eigenvalue weighted by atomic mass is 79.9. The molecule has 0 aliphatic carbocycles.